The maximum Gasteiger partial charge on any atom is 0.335 e. The Labute approximate surface area is 115 Å². The van der Waals surface area contributed by atoms with Crippen LogP contribution in [0.15, 0.2) is 30.7 Å². The molecule has 2 aromatic heterocycles. The van der Waals surface area contributed by atoms with Gasteiger partial charge in [0.05, 0.1) is 35.7 Å². The number of aryl methyl sites for hydroxylation is 1. The summed E-state index contributed by atoms with van der Waals surface area (Å²) in [4.78, 5) is 15.2. The van der Waals surface area contributed by atoms with E-state index in [1.54, 1.807) is 24.5 Å². The second-order valence-corrected chi connectivity index (χ2v) is 4.76. The number of carboxylic acid groups (broad SMARTS) is 1. The second kappa shape index (κ2) is 4.48. The molecule has 3 rings (SSSR count). The maximum absolute atomic E-state index is 10.9. The standard InChI is InChI=1S/C14H14N4O2/c1-9-11(6-16-17(9)2)7-18-8-15-12-5-10(14(19)20)3-4-13(12)18/h3-6,8H,7H2,1-2H3,(H,19,20). The van der Waals surface area contributed by atoms with Crippen LogP contribution >= 0.6 is 0 Å². The summed E-state index contributed by atoms with van der Waals surface area (Å²) in [7, 11) is 1.91. The Kier molecular flexibility index (Phi) is 2.78. The van der Waals surface area contributed by atoms with Crippen LogP contribution in [-0.4, -0.2) is 30.4 Å². The van der Waals surface area contributed by atoms with Gasteiger partial charge in [0, 0.05) is 18.3 Å². The molecule has 0 bridgehead atoms. The number of imidazole rings is 1. The molecule has 0 atom stereocenters. The van der Waals surface area contributed by atoms with Crippen molar-refractivity contribution >= 4 is 17.0 Å². The molecule has 2 heterocycles. The van der Waals surface area contributed by atoms with Crippen LogP contribution in [0.5, 0.6) is 0 Å². The Morgan fingerprint density at radius 2 is 2.20 bits per heavy atom. The Morgan fingerprint density at radius 3 is 2.85 bits per heavy atom. The third-order valence-corrected chi connectivity index (χ3v) is 3.55. The third-order valence-electron chi connectivity index (χ3n) is 3.55. The quantitative estimate of drug-likeness (QED) is 0.788. The van der Waals surface area contributed by atoms with Crippen molar-refractivity contribution < 1.29 is 9.90 Å². The van der Waals surface area contributed by atoms with Crippen LogP contribution in [0.3, 0.4) is 0 Å². The Balaban J connectivity index is 2.01. The number of aromatic carboxylic acids is 1. The number of fused-ring (bicyclic) bond motifs is 1. The van der Waals surface area contributed by atoms with Gasteiger partial charge in [0.1, 0.15) is 0 Å². The van der Waals surface area contributed by atoms with Crippen molar-refractivity contribution in [3.63, 3.8) is 0 Å². The number of carbonyl (C=O) groups is 1. The van der Waals surface area contributed by atoms with Crippen LogP contribution in [0.2, 0.25) is 0 Å². The van der Waals surface area contributed by atoms with Gasteiger partial charge in [0.2, 0.25) is 0 Å². The molecule has 20 heavy (non-hydrogen) atoms. The third kappa shape index (κ3) is 1.95. The zero-order valence-electron chi connectivity index (χ0n) is 11.2. The molecule has 1 aromatic carbocycles. The molecule has 0 spiro atoms. The summed E-state index contributed by atoms with van der Waals surface area (Å²) < 4.78 is 3.82. The van der Waals surface area contributed by atoms with E-state index >= 15 is 0 Å². The molecule has 0 radical (unpaired) electrons. The van der Waals surface area contributed by atoms with Crippen molar-refractivity contribution in [2.45, 2.75) is 13.5 Å². The van der Waals surface area contributed by atoms with E-state index in [0.29, 0.717) is 12.1 Å². The van der Waals surface area contributed by atoms with Crippen molar-refractivity contribution in [2.75, 3.05) is 0 Å². The van der Waals surface area contributed by atoms with Crippen LogP contribution < -0.4 is 0 Å². The number of hydrogen-bond donors (Lipinski definition) is 1. The van der Waals surface area contributed by atoms with Gasteiger partial charge in [0.15, 0.2) is 0 Å². The van der Waals surface area contributed by atoms with Gasteiger partial charge < -0.3 is 9.67 Å². The smallest absolute Gasteiger partial charge is 0.335 e. The fourth-order valence-electron chi connectivity index (χ4n) is 2.21. The summed E-state index contributed by atoms with van der Waals surface area (Å²) >= 11 is 0. The molecule has 102 valence electrons. The van der Waals surface area contributed by atoms with E-state index in [2.05, 4.69) is 10.1 Å². The van der Waals surface area contributed by atoms with Crippen LogP contribution in [0, 0.1) is 6.92 Å². The first-order valence-corrected chi connectivity index (χ1v) is 6.22. The minimum atomic E-state index is -0.940. The summed E-state index contributed by atoms with van der Waals surface area (Å²) in [6.45, 7) is 2.69. The maximum atomic E-state index is 10.9. The van der Waals surface area contributed by atoms with Gasteiger partial charge in [-0.15, -0.1) is 0 Å². The van der Waals surface area contributed by atoms with Gasteiger partial charge >= 0.3 is 5.97 Å². The molecular formula is C14H14N4O2. The normalized spacial score (nSPS) is 11.1. The van der Waals surface area contributed by atoms with E-state index in [4.69, 9.17) is 5.11 Å². The van der Waals surface area contributed by atoms with E-state index < -0.39 is 5.97 Å². The minimum Gasteiger partial charge on any atom is -0.478 e. The first-order chi connectivity index (χ1) is 9.56. The SMILES string of the molecule is Cc1c(Cn2cnc3cc(C(=O)O)ccc32)cnn1C. The molecule has 0 aliphatic heterocycles. The lowest BCUT2D eigenvalue weighted by Gasteiger charge is -2.04. The molecule has 0 fully saturated rings. The van der Waals surface area contributed by atoms with Crippen molar-refractivity contribution in [3.05, 3.63) is 47.5 Å². The molecule has 1 N–H and O–H groups in total. The molecule has 0 aliphatic rings. The zero-order chi connectivity index (χ0) is 14.3. The first-order valence-electron chi connectivity index (χ1n) is 6.22. The predicted octanol–water partition coefficient (Wildman–Crippen LogP) is 1.82. The number of rotatable bonds is 3. The fraction of sp³-hybridized carbons (Fsp3) is 0.214. The van der Waals surface area contributed by atoms with Gasteiger partial charge in [-0.1, -0.05) is 0 Å². The zero-order valence-corrected chi connectivity index (χ0v) is 11.2. The van der Waals surface area contributed by atoms with Gasteiger partial charge in [-0.25, -0.2) is 9.78 Å². The lowest BCUT2D eigenvalue weighted by molar-refractivity contribution is 0.0697. The lowest BCUT2D eigenvalue weighted by atomic mass is 10.2. The Hall–Kier alpha value is -2.63. The van der Waals surface area contributed by atoms with Gasteiger partial charge in [-0.3, -0.25) is 4.68 Å². The number of benzene rings is 1. The molecular weight excluding hydrogens is 256 g/mol. The van der Waals surface area contributed by atoms with Gasteiger partial charge in [-0.05, 0) is 25.1 Å². The van der Waals surface area contributed by atoms with E-state index in [9.17, 15) is 4.79 Å². The van der Waals surface area contributed by atoms with Crippen molar-refractivity contribution in [1.82, 2.24) is 19.3 Å². The highest BCUT2D eigenvalue weighted by Gasteiger charge is 2.10. The molecule has 6 nitrogen and oxygen atoms in total. The molecule has 0 aliphatic carbocycles. The summed E-state index contributed by atoms with van der Waals surface area (Å²) in [5.74, 6) is -0.940. The average molecular weight is 270 g/mol. The summed E-state index contributed by atoms with van der Waals surface area (Å²) in [6.07, 6.45) is 3.57. The van der Waals surface area contributed by atoms with Gasteiger partial charge in [0.25, 0.3) is 0 Å². The van der Waals surface area contributed by atoms with Crippen LogP contribution in [-0.2, 0) is 13.6 Å². The van der Waals surface area contributed by atoms with Crippen LogP contribution in [0.1, 0.15) is 21.6 Å². The fourth-order valence-corrected chi connectivity index (χ4v) is 2.21. The predicted molar refractivity (Wildman–Crippen MR) is 73.7 cm³/mol. The van der Waals surface area contributed by atoms with Crippen LogP contribution in [0.25, 0.3) is 11.0 Å². The molecule has 0 saturated carbocycles. The number of nitrogens with zero attached hydrogens (tertiary/aromatic N) is 4. The minimum absolute atomic E-state index is 0.250. The largest absolute Gasteiger partial charge is 0.478 e. The highest BCUT2D eigenvalue weighted by atomic mass is 16.4. The number of hydrogen-bond acceptors (Lipinski definition) is 3. The first kappa shape index (κ1) is 12.4. The van der Waals surface area contributed by atoms with E-state index in [1.807, 2.05) is 29.4 Å². The Morgan fingerprint density at radius 1 is 1.40 bits per heavy atom. The van der Waals surface area contributed by atoms with E-state index in [1.165, 1.54) is 0 Å². The average Bonchev–Trinajstić information content (AvgIpc) is 2.97. The van der Waals surface area contributed by atoms with E-state index in [0.717, 1.165) is 16.8 Å². The molecule has 6 heteroatoms. The molecule has 0 saturated heterocycles. The summed E-state index contributed by atoms with van der Waals surface area (Å²) in [5.41, 5.74) is 4.08. The highest BCUT2D eigenvalue weighted by molar-refractivity contribution is 5.92. The lowest BCUT2D eigenvalue weighted by Crippen LogP contribution is -2.01. The number of aromatic nitrogens is 4. The summed E-state index contributed by atoms with van der Waals surface area (Å²) in [6, 6.07) is 4.97. The van der Waals surface area contributed by atoms with Gasteiger partial charge in [-0.2, -0.15) is 5.10 Å². The highest BCUT2D eigenvalue weighted by Crippen LogP contribution is 2.17. The molecule has 0 unspecified atom stereocenters. The monoisotopic (exact) mass is 270 g/mol. The van der Waals surface area contributed by atoms with Crippen molar-refractivity contribution in [3.8, 4) is 0 Å². The second-order valence-electron chi connectivity index (χ2n) is 4.76. The number of carboxylic acids is 1. The topological polar surface area (TPSA) is 72.9 Å². The van der Waals surface area contributed by atoms with Crippen molar-refractivity contribution in [1.29, 1.82) is 0 Å². The van der Waals surface area contributed by atoms with Crippen LogP contribution in [0.4, 0.5) is 0 Å². The Bertz CT molecular complexity index is 801. The van der Waals surface area contributed by atoms with Crippen molar-refractivity contribution in [2.24, 2.45) is 7.05 Å². The molecule has 3 aromatic rings. The summed E-state index contributed by atoms with van der Waals surface area (Å²) in [5, 5.41) is 13.2. The van der Waals surface area contributed by atoms with E-state index in [-0.39, 0.29) is 5.56 Å². The molecule has 0 amide bonds.